The van der Waals surface area contributed by atoms with Gasteiger partial charge >= 0.3 is 0 Å². The molecule has 3 rings (SSSR count). The Balaban J connectivity index is 1.69. The first kappa shape index (κ1) is 19.4. The van der Waals surface area contributed by atoms with Gasteiger partial charge in [0.25, 0.3) is 5.91 Å². The number of amides is 2. The molecule has 1 aromatic carbocycles. The summed E-state index contributed by atoms with van der Waals surface area (Å²) in [4.78, 5) is 30.6. The molecule has 6 nitrogen and oxygen atoms in total. The monoisotopic (exact) mass is 387 g/mol. The van der Waals surface area contributed by atoms with Crippen molar-refractivity contribution in [2.24, 2.45) is 0 Å². The van der Waals surface area contributed by atoms with Crippen LogP contribution in [0.4, 0.5) is 0 Å². The second-order valence-electron chi connectivity index (χ2n) is 6.86. The minimum Gasteiger partial charge on any atom is -0.497 e. The molecular formula is C20H25N3O3S. The number of methoxy groups -OCH3 is 1. The third-order valence-corrected chi connectivity index (χ3v) is 5.87. The highest BCUT2D eigenvalue weighted by Crippen LogP contribution is 2.30. The summed E-state index contributed by atoms with van der Waals surface area (Å²) in [6.07, 6.45) is 1.99. The van der Waals surface area contributed by atoms with Crippen LogP contribution in [-0.4, -0.2) is 41.9 Å². The molecule has 2 aromatic rings. The predicted molar refractivity (Wildman–Crippen MR) is 105 cm³/mol. The fraction of sp³-hybridized carbons (Fsp3) is 0.450. The molecule has 2 amide bonds. The van der Waals surface area contributed by atoms with Crippen molar-refractivity contribution in [3.63, 3.8) is 0 Å². The van der Waals surface area contributed by atoms with Gasteiger partial charge in [-0.25, -0.2) is 4.98 Å². The van der Waals surface area contributed by atoms with Gasteiger partial charge in [-0.1, -0.05) is 0 Å². The molecule has 2 heterocycles. The molecule has 27 heavy (non-hydrogen) atoms. The summed E-state index contributed by atoms with van der Waals surface area (Å²) in [6, 6.07) is 5.57. The number of thiazole rings is 1. The highest BCUT2D eigenvalue weighted by atomic mass is 32.1. The number of aryl methyl sites for hydroxylation is 1. The predicted octanol–water partition coefficient (Wildman–Crippen LogP) is 3.12. The van der Waals surface area contributed by atoms with Gasteiger partial charge in [-0.05, 0) is 43.5 Å². The number of piperidine rings is 1. The van der Waals surface area contributed by atoms with Gasteiger partial charge in [0.1, 0.15) is 5.75 Å². The maximum Gasteiger partial charge on any atom is 0.254 e. The number of nitrogens with zero attached hydrogens (tertiary/aromatic N) is 2. The Kier molecular flexibility index (Phi) is 6.11. The molecule has 144 valence electrons. The van der Waals surface area contributed by atoms with Crippen LogP contribution in [0.1, 0.15) is 52.3 Å². The Hall–Kier alpha value is -2.41. The van der Waals surface area contributed by atoms with Crippen molar-refractivity contribution < 1.29 is 14.3 Å². The Morgan fingerprint density at radius 3 is 2.93 bits per heavy atom. The second kappa shape index (κ2) is 8.52. The van der Waals surface area contributed by atoms with Crippen molar-refractivity contribution in [1.29, 1.82) is 0 Å². The van der Waals surface area contributed by atoms with Crippen molar-refractivity contribution in [3.05, 3.63) is 45.4 Å². The number of carbonyl (C=O) groups excluding carboxylic acids is 2. The fourth-order valence-corrected chi connectivity index (χ4v) is 4.29. The number of nitrogens with one attached hydrogen (secondary N) is 1. The molecule has 0 radical (unpaired) electrons. The maximum absolute atomic E-state index is 13.0. The largest absolute Gasteiger partial charge is 0.497 e. The number of rotatable bonds is 5. The number of benzene rings is 1. The van der Waals surface area contributed by atoms with E-state index in [9.17, 15) is 9.59 Å². The van der Waals surface area contributed by atoms with Crippen molar-refractivity contribution in [2.75, 3.05) is 20.2 Å². The van der Waals surface area contributed by atoms with Crippen LogP contribution < -0.4 is 10.1 Å². The third-order valence-electron chi connectivity index (χ3n) is 4.81. The smallest absolute Gasteiger partial charge is 0.254 e. The first-order valence-corrected chi connectivity index (χ1v) is 9.98. The molecule has 0 bridgehead atoms. The van der Waals surface area contributed by atoms with Gasteiger partial charge < -0.3 is 15.0 Å². The van der Waals surface area contributed by atoms with Crippen LogP contribution in [0.25, 0.3) is 0 Å². The zero-order valence-corrected chi connectivity index (χ0v) is 16.8. The van der Waals surface area contributed by atoms with Crippen LogP contribution >= 0.6 is 11.3 Å². The van der Waals surface area contributed by atoms with Crippen LogP contribution in [0.2, 0.25) is 0 Å². The minimum atomic E-state index is -0.0613. The van der Waals surface area contributed by atoms with Gasteiger partial charge in [0.15, 0.2) is 0 Å². The highest BCUT2D eigenvalue weighted by Gasteiger charge is 2.28. The van der Waals surface area contributed by atoms with E-state index in [0.717, 1.165) is 47.0 Å². The molecule has 1 atom stereocenters. The molecule has 0 saturated carbocycles. The number of hydrogen-bond acceptors (Lipinski definition) is 5. The van der Waals surface area contributed by atoms with Crippen molar-refractivity contribution in [3.8, 4) is 5.75 Å². The molecule has 1 aliphatic rings. The van der Waals surface area contributed by atoms with E-state index in [-0.39, 0.29) is 17.7 Å². The summed E-state index contributed by atoms with van der Waals surface area (Å²) in [5.74, 6) is 1.01. The van der Waals surface area contributed by atoms with Gasteiger partial charge in [0.05, 0.1) is 24.4 Å². The Labute approximate surface area is 163 Å². The van der Waals surface area contributed by atoms with Crippen molar-refractivity contribution in [2.45, 2.75) is 39.2 Å². The average Bonchev–Trinajstić information content (AvgIpc) is 3.15. The van der Waals surface area contributed by atoms with Gasteiger partial charge in [0.2, 0.25) is 5.91 Å². The van der Waals surface area contributed by atoms with E-state index < -0.39 is 0 Å². The van der Waals surface area contributed by atoms with Gasteiger partial charge in [-0.2, -0.15) is 0 Å². The summed E-state index contributed by atoms with van der Waals surface area (Å²) < 4.78 is 5.23. The first-order chi connectivity index (χ1) is 13.0. The lowest BCUT2D eigenvalue weighted by atomic mass is 9.97. The summed E-state index contributed by atoms with van der Waals surface area (Å²) in [6.45, 7) is 5.33. The van der Waals surface area contributed by atoms with E-state index >= 15 is 0 Å². The van der Waals surface area contributed by atoms with E-state index in [1.54, 1.807) is 18.4 Å². The molecule has 1 saturated heterocycles. The SMILES string of the molecule is COc1ccc(C(=O)N2CCCC(c3nc(CNC(C)=O)cs3)C2)c(C)c1. The molecular weight excluding hydrogens is 362 g/mol. The zero-order valence-electron chi connectivity index (χ0n) is 15.9. The topological polar surface area (TPSA) is 71.5 Å². The van der Waals surface area contributed by atoms with Crippen LogP contribution in [-0.2, 0) is 11.3 Å². The number of ether oxygens (including phenoxy) is 1. The molecule has 1 aliphatic heterocycles. The molecule has 1 fully saturated rings. The van der Waals surface area contributed by atoms with Crippen molar-refractivity contribution in [1.82, 2.24) is 15.2 Å². The van der Waals surface area contributed by atoms with E-state index in [1.165, 1.54) is 6.92 Å². The van der Waals surface area contributed by atoms with Crippen LogP contribution in [0, 0.1) is 6.92 Å². The Morgan fingerprint density at radius 1 is 1.41 bits per heavy atom. The number of likely N-dealkylation sites (tertiary alicyclic amines) is 1. The minimum absolute atomic E-state index is 0.0613. The maximum atomic E-state index is 13.0. The van der Waals surface area contributed by atoms with E-state index in [2.05, 4.69) is 10.3 Å². The van der Waals surface area contributed by atoms with Gasteiger partial charge in [-0.3, -0.25) is 9.59 Å². The summed E-state index contributed by atoms with van der Waals surface area (Å²) in [5, 5.41) is 5.80. The van der Waals surface area contributed by atoms with Gasteiger partial charge in [-0.15, -0.1) is 11.3 Å². The molecule has 1 N–H and O–H groups in total. The fourth-order valence-electron chi connectivity index (χ4n) is 3.34. The lowest BCUT2D eigenvalue weighted by molar-refractivity contribution is -0.119. The van der Waals surface area contributed by atoms with Crippen LogP contribution in [0.15, 0.2) is 23.6 Å². The average molecular weight is 388 g/mol. The molecule has 7 heteroatoms. The van der Waals surface area contributed by atoms with Crippen molar-refractivity contribution >= 4 is 23.2 Å². The van der Waals surface area contributed by atoms with Crippen LogP contribution in [0.5, 0.6) is 5.75 Å². The Morgan fingerprint density at radius 2 is 2.22 bits per heavy atom. The van der Waals surface area contributed by atoms with Gasteiger partial charge in [0, 0.05) is 36.9 Å². The lowest BCUT2D eigenvalue weighted by Gasteiger charge is -2.32. The lowest BCUT2D eigenvalue weighted by Crippen LogP contribution is -2.39. The summed E-state index contributed by atoms with van der Waals surface area (Å²) in [7, 11) is 1.62. The number of carbonyl (C=O) groups is 2. The number of aromatic nitrogens is 1. The van der Waals surface area contributed by atoms with E-state index in [1.807, 2.05) is 35.4 Å². The second-order valence-corrected chi connectivity index (χ2v) is 7.75. The summed E-state index contributed by atoms with van der Waals surface area (Å²) in [5.41, 5.74) is 2.52. The quantitative estimate of drug-likeness (QED) is 0.856. The molecule has 0 spiro atoms. The first-order valence-electron chi connectivity index (χ1n) is 9.10. The Bertz CT molecular complexity index is 834. The third kappa shape index (κ3) is 4.66. The summed E-state index contributed by atoms with van der Waals surface area (Å²) >= 11 is 1.61. The molecule has 1 aromatic heterocycles. The zero-order chi connectivity index (χ0) is 19.4. The molecule has 1 unspecified atom stereocenters. The highest BCUT2D eigenvalue weighted by molar-refractivity contribution is 7.09. The standard InChI is InChI=1S/C20H25N3O3S/c1-13-9-17(26-3)6-7-18(13)20(25)23-8-4-5-15(11-23)19-22-16(12-27-19)10-21-14(2)24/h6-7,9,12,15H,4-5,8,10-11H2,1-3H3,(H,21,24). The van der Waals surface area contributed by atoms with E-state index in [0.29, 0.717) is 13.1 Å². The number of hydrogen-bond donors (Lipinski definition) is 1. The van der Waals surface area contributed by atoms with E-state index in [4.69, 9.17) is 4.74 Å². The normalized spacial score (nSPS) is 16.9. The molecule has 0 aliphatic carbocycles. The van der Waals surface area contributed by atoms with Crippen LogP contribution in [0.3, 0.4) is 0 Å².